The van der Waals surface area contributed by atoms with Crippen molar-refractivity contribution in [2.45, 2.75) is 58.6 Å². The number of hydrogen-bond acceptors (Lipinski definition) is 3. The highest BCUT2D eigenvalue weighted by Crippen LogP contribution is 2.28. The van der Waals surface area contributed by atoms with Crippen LogP contribution in [0, 0.1) is 5.41 Å². The van der Waals surface area contributed by atoms with Gasteiger partial charge in [-0.1, -0.05) is 13.8 Å². The van der Waals surface area contributed by atoms with E-state index in [4.69, 9.17) is 9.84 Å². The minimum absolute atomic E-state index is 0.0102. The number of aliphatic carboxylic acids is 1. The van der Waals surface area contributed by atoms with Crippen molar-refractivity contribution < 1.29 is 19.4 Å². The predicted octanol–water partition coefficient (Wildman–Crippen LogP) is 1.56. The van der Waals surface area contributed by atoms with Crippen molar-refractivity contribution in [3.63, 3.8) is 0 Å². The smallest absolute Gasteiger partial charge is 0.303 e. The third kappa shape index (κ3) is 3.98. The van der Waals surface area contributed by atoms with Crippen LogP contribution in [0.1, 0.15) is 47.0 Å². The van der Waals surface area contributed by atoms with Crippen LogP contribution in [-0.4, -0.2) is 35.2 Å². The second-order valence-electron chi connectivity index (χ2n) is 6.14. The molecule has 2 unspecified atom stereocenters. The SMILES string of the molecule is CC1OCCC1(C)NC(=O)CC(C)(C)CC(=O)O. The van der Waals surface area contributed by atoms with Crippen LogP contribution in [0.4, 0.5) is 0 Å². The van der Waals surface area contributed by atoms with Gasteiger partial charge < -0.3 is 15.2 Å². The molecule has 1 rings (SSSR count). The molecule has 0 bridgehead atoms. The van der Waals surface area contributed by atoms with E-state index in [9.17, 15) is 9.59 Å². The van der Waals surface area contributed by atoms with Gasteiger partial charge in [0.2, 0.25) is 5.91 Å². The molecule has 0 aromatic heterocycles. The second-order valence-corrected chi connectivity index (χ2v) is 6.14. The number of carbonyl (C=O) groups is 2. The average Bonchev–Trinajstić information content (AvgIpc) is 2.42. The lowest BCUT2D eigenvalue weighted by atomic mass is 9.84. The Kier molecular flexibility index (Phi) is 4.37. The maximum Gasteiger partial charge on any atom is 0.303 e. The zero-order chi connectivity index (χ0) is 14.0. The lowest BCUT2D eigenvalue weighted by Gasteiger charge is -2.31. The monoisotopic (exact) mass is 257 g/mol. The largest absolute Gasteiger partial charge is 0.481 e. The number of ether oxygens (including phenoxy) is 1. The van der Waals surface area contributed by atoms with Crippen LogP contribution in [0.15, 0.2) is 0 Å². The first kappa shape index (κ1) is 15.0. The molecular formula is C13H23NO4. The number of carboxylic acids is 1. The Bertz CT molecular complexity index is 340. The minimum atomic E-state index is -0.878. The van der Waals surface area contributed by atoms with Crippen LogP contribution < -0.4 is 5.32 Å². The molecule has 1 saturated heterocycles. The van der Waals surface area contributed by atoms with E-state index in [2.05, 4.69) is 5.32 Å². The van der Waals surface area contributed by atoms with Crippen LogP contribution in [0.5, 0.6) is 0 Å². The molecule has 2 N–H and O–H groups in total. The highest BCUT2D eigenvalue weighted by molar-refractivity contribution is 5.78. The summed E-state index contributed by atoms with van der Waals surface area (Å²) in [5, 5.41) is 11.8. The fraction of sp³-hybridized carbons (Fsp3) is 0.846. The van der Waals surface area contributed by atoms with E-state index in [1.807, 2.05) is 13.8 Å². The van der Waals surface area contributed by atoms with Gasteiger partial charge in [0.05, 0.1) is 18.1 Å². The summed E-state index contributed by atoms with van der Waals surface area (Å²) < 4.78 is 5.46. The van der Waals surface area contributed by atoms with Crippen molar-refractivity contribution in [2.24, 2.45) is 5.41 Å². The Morgan fingerprint density at radius 3 is 2.50 bits per heavy atom. The van der Waals surface area contributed by atoms with Gasteiger partial charge in [0.1, 0.15) is 0 Å². The quantitative estimate of drug-likeness (QED) is 0.783. The van der Waals surface area contributed by atoms with Gasteiger partial charge >= 0.3 is 5.97 Å². The minimum Gasteiger partial charge on any atom is -0.481 e. The number of carbonyl (C=O) groups excluding carboxylic acids is 1. The van der Waals surface area contributed by atoms with Crippen LogP contribution in [-0.2, 0) is 14.3 Å². The molecule has 0 spiro atoms. The number of nitrogens with one attached hydrogen (secondary N) is 1. The fourth-order valence-electron chi connectivity index (χ4n) is 2.27. The summed E-state index contributed by atoms with van der Waals surface area (Å²) in [6.45, 7) is 8.13. The van der Waals surface area contributed by atoms with Gasteiger partial charge in [-0.2, -0.15) is 0 Å². The topological polar surface area (TPSA) is 75.6 Å². The first-order chi connectivity index (χ1) is 8.15. The molecule has 5 heteroatoms. The average molecular weight is 257 g/mol. The lowest BCUT2D eigenvalue weighted by molar-refractivity contribution is -0.139. The van der Waals surface area contributed by atoms with Gasteiger partial charge in [-0.05, 0) is 25.7 Å². The van der Waals surface area contributed by atoms with Gasteiger partial charge in [-0.15, -0.1) is 0 Å². The number of carboxylic acid groups (broad SMARTS) is 1. The van der Waals surface area contributed by atoms with Crippen LogP contribution >= 0.6 is 0 Å². The number of amides is 1. The summed E-state index contributed by atoms with van der Waals surface area (Å²) in [4.78, 5) is 22.7. The predicted molar refractivity (Wildman–Crippen MR) is 67.2 cm³/mol. The van der Waals surface area contributed by atoms with E-state index in [-0.39, 0.29) is 30.4 Å². The van der Waals surface area contributed by atoms with Crippen molar-refractivity contribution in [3.8, 4) is 0 Å². The molecule has 0 aromatic rings. The summed E-state index contributed by atoms with van der Waals surface area (Å²) in [6.07, 6.45) is 0.980. The van der Waals surface area contributed by atoms with Gasteiger partial charge in [0.15, 0.2) is 0 Å². The van der Waals surface area contributed by atoms with Crippen molar-refractivity contribution in [1.82, 2.24) is 5.32 Å². The molecule has 2 atom stereocenters. The van der Waals surface area contributed by atoms with Crippen molar-refractivity contribution in [1.29, 1.82) is 0 Å². The molecule has 1 fully saturated rings. The van der Waals surface area contributed by atoms with E-state index in [0.29, 0.717) is 6.61 Å². The van der Waals surface area contributed by atoms with Crippen LogP contribution in [0.3, 0.4) is 0 Å². The Hall–Kier alpha value is -1.10. The Labute approximate surface area is 108 Å². The first-order valence-electron chi connectivity index (χ1n) is 6.29. The summed E-state index contributed by atoms with van der Waals surface area (Å²) >= 11 is 0. The first-order valence-corrected chi connectivity index (χ1v) is 6.29. The van der Waals surface area contributed by atoms with Gasteiger partial charge in [0, 0.05) is 13.0 Å². The van der Waals surface area contributed by atoms with Crippen LogP contribution in [0.2, 0.25) is 0 Å². The standard InChI is InChI=1S/C13H23NO4/c1-9-13(4,5-6-18-9)14-10(15)7-12(2,3)8-11(16)17/h9H,5-8H2,1-4H3,(H,14,15)(H,16,17). The third-order valence-corrected chi connectivity index (χ3v) is 3.58. The number of hydrogen-bond donors (Lipinski definition) is 2. The van der Waals surface area contributed by atoms with Crippen LogP contribution in [0.25, 0.3) is 0 Å². The molecule has 0 aromatic carbocycles. The molecule has 1 heterocycles. The lowest BCUT2D eigenvalue weighted by Crippen LogP contribution is -2.51. The van der Waals surface area contributed by atoms with Crippen molar-refractivity contribution >= 4 is 11.9 Å². The van der Waals surface area contributed by atoms with Gasteiger partial charge in [-0.3, -0.25) is 9.59 Å². The van der Waals surface area contributed by atoms with Gasteiger partial charge in [-0.25, -0.2) is 0 Å². The molecule has 18 heavy (non-hydrogen) atoms. The van der Waals surface area contributed by atoms with E-state index < -0.39 is 11.4 Å². The molecule has 0 saturated carbocycles. The van der Waals surface area contributed by atoms with Crippen molar-refractivity contribution in [3.05, 3.63) is 0 Å². The molecule has 0 radical (unpaired) electrons. The fourth-order valence-corrected chi connectivity index (χ4v) is 2.27. The molecule has 5 nitrogen and oxygen atoms in total. The zero-order valence-corrected chi connectivity index (χ0v) is 11.6. The third-order valence-electron chi connectivity index (χ3n) is 3.58. The molecule has 0 aliphatic carbocycles. The maximum absolute atomic E-state index is 12.0. The zero-order valence-electron chi connectivity index (χ0n) is 11.6. The van der Waals surface area contributed by atoms with Gasteiger partial charge in [0.25, 0.3) is 0 Å². The summed E-state index contributed by atoms with van der Waals surface area (Å²) in [5.74, 6) is -0.988. The highest BCUT2D eigenvalue weighted by Gasteiger charge is 2.39. The van der Waals surface area contributed by atoms with Crippen molar-refractivity contribution in [2.75, 3.05) is 6.61 Å². The normalized spacial score (nSPS) is 28.1. The van der Waals surface area contributed by atoms with E-state index in [1.165, 1.54) is 0 Å². The summed E-state index contributed by atoms with van der Waals surface area (Å²) in [6, 6.07) is 0. The van der Waals surface area contributed by atoms with E-state index in [0.717, 1.165) is 6.42 Å². The molecule has 1 amide bonds. The molecular weight excluding hydrogens is 234 g/mol. The summed E-state index contributed by atoms with van der Waals surface area (Å²) in [5.41, 5.74) is -0.870. The van der Waals surface area contributed by atoms with E-state index in [1.54, 1.807) is 13.8 Å². The maximum atomic E-state index is 12.0. The highest BCUT2D eigenvalue weighted by atomic mass is 16.5. The molecule has 1 aliphatic rings. The summed E-state index contributed by atoms with van der Waals surface area (Å²) in [7, 11) is 0. The van der Waals surface area contributed by atoms with E-state index >= 15 is 0 Å². The molecule has 1 aliphatic heterocycles. The second kappa shape index (κ2) is 5.26. The Morgan fingerprint density at radius 2 is 2.06 bits per heavy atom. The molecule has 104 valence electrons. The number of rotatable bonds is 5. The Morgan fingerprint density at radius 1 is 1.44 bits per heavy atom. The Balaban J connectivity index is 2.53.